The van der Waals surface area contributed by atoms with Crippen LogP contribution in [0, 0.1) is 5.92 Å². The van der Waals surface area contributed by atoms with Crippen LogP contribution < -0.4 is 10.2 Å². The molecule has 192 valence electrons. The molecule has 5 heterocycles. The Morgan fingerprint density at radius 3 is 2.70 bits per heavy atom. The summed E-state index contributed by atoms with van der Waals surface area (Å²) in [4.78, 5) is 20.9. The highest BCUT2D eigenvalue weighted by molar-refractivity contribution is 7.98. The number of fused-ring (bicyclic) bond motifs is 1. The maximum Gasteiger partial charge on any atom is 0.164 e. The Morgan fingerprint density at radius 2 is 1.95 bits per heavy atom. The summed E-state index contributed by atoms with van der Waals surface area (Å²) in [5, 5.41) is 10.7. The molecule has 0 spiro atoms. The zero-order valence-electron chi connectivity index (χ0n) is 21.2. The quantitative estimate of drug-likeness (QED) is 0.308. The lowest BCUT2D eigenvalue weighted by Gasteiger charge is -2.40. The predicted molar refractivity (Wildman–Crippen MR) is 151 cm³/mol. The van der Waals surface area contributed by atoms with Gasteiger partial charge in [0, 0.05) is 54.4 Å². The van der Waals surface area contributed by atoms with Crippen molar-refractivity contribution < 1.29 is 4.55 Å². The number of anilines is 3. The second-order valence-electron chi connectivity index (χ2n) is 10.1. The van der Waals surface area contributed by atoms with Gasteiger partial charge >= 0.3 is 0 Å². The summed E-state index contributed by atoms with van der Waals surface area (Å²) >= 11 is 0.978. The lowest BCUT2D eigenvalue weighted by molar-refractivity contribution is 0.442. The fourth-order valence-corrected chi connectivity index (χ4v) is 6.41. The zero-order valence-corrected chi connectivity index (χ0v) is 22.8. The lowest BCUT2D eigenvalue weighted by atomic mass is 9.97. The summed E-state index contributed by atoms with van der Waals surface area (Å²) in [6, 6.07) is 3.93. The van der Waals surface area contributed by atoms with Crippen LogP contribution in [-0.2, 0) is 11.2 Å². The second-order valence-corrected chi connectivity index (χ2v) is 12.9. The highest BCUT2D eigenvalue weighted by Crippen LogP contribution is 2.36. The summed E-state index contributed by atoms with van der Waals surface area (Å²) < 4.78 is 13.5. The van der Waals surface area contributed by atoms with Crippen molar-refractivity contribution >= 4 is 51.3 Å². The number of hydrogen-bond donors (Lipinski definition) is 1. The van der Waals surface area contributed by atoms with Crippen LogP contribution >= 0.6 is 11.9 Å². The van der Waals surface area contributed by atoms with E-state index in [9.17, 15) is 4.55 Å². The summed E-state index contributed by atoms with van der Waals surface area (Å²) in [5.74, 6) is 4.49. The van der Waals surface area contributed by atoms with E-state index in [2.05, 4.69) is 40.2 Å². The molecule has 0 radical (unpaired) electrons. The van der Waals surface area contributed by atoms with Gasteiger partial charge in [-0.1, -0.05) is 25.0 Å². The van der Waals surface area contributed by atoms with Crippen LogP contribution in [0.1, 0.15) is 38.2 Å². The third-order valence-corrected chi connectivity index (χ3v) is 8.77. The average molecular weight is 535 g/mol. The first-order chi connectivity index (χ1) is 17.9. The molecule has 1 saturated carbocycles. The van der Waals surface area contributed by atoms with E-state index in [1.54, 1.807) is 24.4 Å². The lowest BCUT2D eigenvalue weighted by Crippen LogP contribution is -2.50. The van der Waals surface area contributed by atoms with Crippen molar-refractivity contribution in [2.45, 2.75) is 37.9 Å². The molecule has 2 fully saturated rings. The molecule has 1 N–H and O–H groups in total. The molecule has 1 unspecified atom stereocenters. The van der Waals surface area contributed by atoms with Crippen molar-refractivity contribution in [3.63, 3.8) is 0 Å². The number of nitrogens with zero attached hydrogens (tertiary/aromatic N) is 7. The van der Waals surface area contributed by atoms with Gasteiger partial charge < -0.3 is 14.8 Å². The molecule has 9 nitrogen and oxygen atoms in total. The minimum atomic E-state index is -0.772. The Kier molecular flexibility index (Phi) is 6.68. The highest BCUT2D eigenvalue weighted by Gasteiger charge is 2.32. The van der Waals surface area contributed by atoms with Crippen molar-refractivity contribution in [1.82, 2.24) is 29.1 Å². The van der Waals surface area contributed by atoms with Crippen molar-refractivity contribution in [2.75, 3.05) is 35.3 Å². The number of hydrogen-bond acceptors (Lipinski definition) is 9. The highest BCUT2D eigenvalue weighted by atomic mass is 32.2. The van der Waals surface area contributed by atoms with Crippen LogP contribution in [0.4, 0.5) is 17.5 Å². The number of pyridine rings is 2. The van der Waals surface area contributed by atoms with Crippen molar-refractivity contribution in [3.05, 3.63) is 48.7 Å². The van der Waals surface area contributed by atoms with Gasteiger partial charge in [-0.2, -0.15) is 5.10 Å². The van der Waals surface area contributed by atoms with Crippen LogP contribution in [0.3, 0.4) is 0 Å². The average Bonchev–Trinajstić information content (AvgIpc) is 3.54. The van der Waals surface area contributed by atoms with Crippen LogP contribution in [0.25, 0.3) is 22.2 Å². The standard InChI is InChI=1S/C26H30N8OS2/c1-16(2)21-10-29-26(33-12-17(13-33)15-37(3)35)22-11-28-24(8-20(21)22)31-23-6-7-27-25(32-23)18-9-30-34(14-18)36-19-4-5-19/h6-11,14,16-17,19H,4-5,12-13,15H2,1-3H3,(H,27,28,31,32). The Morgan fingerprint density at radius 1 is 1.11 bits per heavy atom. The van der Waals surface area contributed by atoms with E-state index in [4.69, 9.17) is 15.0 Å². The summed E-state index contributed by atoms with van der Waals surface area (Å²) in [6.07, 6.45) is 13.7. The number of rotatable bonds is 9. The fraction of sp³-hybridized carbons (Fsp3) is 0.423. The first kappa shape index (κ1) is 24.4. The Balaban J connectivity index is 1.25. The molecule has 1 atom stereocenters. The Labute approximate surface area is 223 Å². The molecule has 4 aromatic heterocycles. The number of nitrogens with one attached hydrogen (secondary N) is 1. The minimum Gasteiger partial charge on any atom is -0.617 e. The van der Waals surface area contributed by atoms with Gasteiger partial charge in [0.25, 0.3) is 0 Å². The van der Waals surface area contributed by atoms with E-state index in [-0.39, 0.29) is 0 Å². The monoisotopic (exact) mass is 534 g/mol. The summed E-state index contributed by atoms with van der Waals surface area (Å²) in [5.41, 5.74) is 2.07. The SMILES string of the molecule is CC(C)c1cnc(N2CC(C[S+](C)[O-])C2)c2cnc(Nc3ccnc(-c4cnn(SC5CC5)c4)n3)cc12. The predicted octanol–water partition coefficient (Wildman–Crippen LogP) is 4.62. The smallest absolute Gasteiger partial charge is 0.164 e. The maximum absolute atomic E-state index is 11.6. The first-order valence-electron chi connectivity index (χ1n) is 12.6. The number of aromatic nitrogens is 6. The van der Waals surface area contributed by atoms with Gasteiger partial charge in [-0.3, -0.25) is 0 Å². The van der Waals surface area contributed by atoms with Crippen molar-refractivity contribution in [2.24, 2.45) is 5.92 Å². The summed E-state index contributed by atoms with van der Waals surface area (Å²) in [6.45, 7) is 6.11. The molecule has 1 aliphatic heterocycles. The van der Waals surface area contributed by atoms with E-state index < -0.39 is 11.2 Å². The molecule has 37 heavy (non-hydrogen) atoms. The Hall–Kier alpha value is -2.89. The zero-order chi connectivity index (χ0) is 25.5. The van der Waals surface area contributed by atoms with Crippen LogP contribution in [0.2, 0.25) is 0 Å². The van der Waals surface area contributed by atoms with E-state index in [1.807, 2.05) is 34.9 Å². The normalized spacial score (nSPS) is 16.8. The van der Waals surface area contributed by atoms with Gasteiger partial charge in [0.1, 0.15) is 23.2 Å². The Bertz CT molecular complexity index is 1410. The second kappa shape index (κ2) is 10.1. The maximum atomic E-state index is 11.6. The van der Waals surface area contributed by atoms with E-state index >= 15 is 0 Å². The fourth-order valence-electron chi connectivity index (χ4n) is 4.61. The minimum absolute atomic E-state index is 0.321. The molecule has 0 aromatic carbocycles. The van der Waals surface area contributed by atoms with Crippen LogP contribution in [0.15, 0.2) is 43.1 Å². The van der Waals surface area contributed by atoms with Crippen LogP contribution in [-0.4, -0.2) is 64.0 Å². The molecule has 11 heteroatoms. The van der Waals surface area contributed by atoms with Gasteiger partial charge in [0.15, 0.2) is 5.82 Å². The molecule has 2 aliphatic rings. The van der Waals surface area contributed by atoms with E-state index in [0.29, 0.717) is 28.7 Å². The molecule has 0 bridgehead atoms. The summed E-state index contributed by atoms with van der Waals surface area (Å²) in [7, 11) is 0. The van der Waals surface area contributed by atoms with Crippen LogP contribution in [0.5, 0.6) is 0 Å². The van der Waals surface area contributed by atoms with Crippen molar-refractivity contribution in [3.8, 4) is 11.4 Å². The van der Waals surface area contributed by atoms with Gasteiger partial charge in [0.05, 0.1) is 18.0 Å². The molecule has 1 aliphatic carbocycles. The van der Waals surface area contributed by atoms with E-state index in [0.717, 1.165) is 46.8 Å². The molecular formula is C26H30N8OS2. The molecule has 4 aromatic rings. The topological polar surface area (TPSA) is 108 Å². The molecule has 1 saturated heterocycles. The largest absolute Gasteiger partial charge is 0.617 e. The molecule has 6 rings (SSSR count). The third kappa shape index (κ3) is 5.39. The van der Waals surface area contributed by atoms with Crippen molar-refractivity contribution in [1.29, 1.82) is 0 Å². The van der Waals surface area contributed by atoms with Gasteiger partial charge in [-0.15, -0.1) is 0 Å². The van der Waals surface area contributed by atoms with E-state index in [1.165, 1.54) is 18.4 Å². The van der Waals surface area contributed by atoms with Gasteiger partial charge in [-0.05, 0) is 53.8 Å². The molecular weight excluding hydrogens is 504 g/mol. The third-order valence-electron chi connectivity index (χ3n) is 6.64. The molecule has 0 amide bonds. The first-order valence-corrected chi connectivity index (χ1v) is 15.1. The van der Waals surface area contributed by atoms with Gasteiger partial charge in [-0.25, -0.2) is 24.0 Å². The van der Waals surface area contributed by atoms with Gasteiger partial charge in [0.2, 0.25) is 0 Å².